The lowest BCUT2D eigenvalue weighted by molar-refractivity contribution is -0.134. The maximum atomic E-state index is 12.6. The molecular weight excluding hydrogens is 290 g/mol. The van der Waals surface area contributed by atoms with Crippen LogP contribution in [-0.4, -0.2) is 17.4 Å². The van der Waals surface area contributed by atoms with E-state index in [1.54, 1.807) is 11.3 Å². The van der Waals surface area contributed by atoms with Crippen LogP contribution in [0.4, 0.5) is 0 Å². The normalized spacial score (nSPS) is 17.3. The molecule has 0 bridgehead atoms. The second kappa shape index (κ2) is 7.10. The summed E-state index contributed by atoms with van der Waals surface area (Å²) in [6, 6.07) is 13.1. The van der Waals surface area contributed by atoms with Crippen LogP contribution >= 0.6 is 11.3 Å². The number of fused-ring (bicyclic) bond motifs is 1. The fraction of sp³-hybridized carbons (Fsp3) is 0.421. The highest BCUT2D eigenvalue weighted by atomic mass is 32.1. The quantitative estimate of drug-likeness (QED) is 0.789. The zero-order chi connectivity index (χ0) is 15.4. The summed E-state index contributed by atoms with van der Waals surface area (Å²) in [5, 5.41) is 2.10. The number of hydrogen-bond acceptors (Lipinski definition) is 2. The summed E-state index contributed by atoms with van der Waals surface area (Å²) in [4.78, 5) is 16.1. The second-order valence-electron chi connectivity index (χ2n) is 5.89. The summed E-state index contributed by atoms with van der Waals surface area (Å²) in [5.41, 5.74) is 2.76. The van der Waals surface area contributed by atoms with Gasteiger partial charge in [-0.2, -0.15) is 0 Å². The Hall–Kier alpha value is -1.61. The Morgan fingerprint density at radius 1 is 1.27 bits per heavy atom. The molecule has 0 spiro atoms. The van der Waals surface area contributed by atoms with Gasteiger partial charge in [0.2, 0.25) is 5.91 Å². The fourth-order valence-electron chi connectivity index (χ4n) is 3.40. The first-order valence-electron chi connectivity index (χ1n) is 8.19. The minimum Gasteiger partial charge on any atom is -0.335 e. The molecule has 1 aliphatic rings. The Balaban J connectivity index is 1.62. The molecule has 0 radical (unpaired) electrons. The summed E-state index contributed by atoms with van der Waals surface area (Å²) in [6.07, 6.45) is 4.62. The summed E-state index contributed by atoms with van der Waals surface area (Å²) in [5.74, 6) is 0.318. The van der Waals surface area contributed by atoms with Crippen LogP contribution in [0.2, 0.25) is 0 Å². The van der Waals surface area contributed by atoms with Gasteiger partial charge in [0.05, 0.1) is 6.04 Å². The first-order valence-corrected chi connectivity index (χ1v) is 9.07. The number of carbonyl (C=O) groups excluding carboxylic acids is 1. The highest BCUT2D eigenvalue weighted by Gasteiger charge is 2.28. The van der Waals surface area contributed by atoms with Gasteiger partial charge in [0.1, 0.15) is 0 Å². The van der Waals surface area contributed by atoms with Gasteiger partial charge in [-0.1, -0.05) is 37.3 Å². The van der Waals surface area contributed by atoms with Crippen LogP contribution < -0.4 is 0 Å². The van der Waals surface area contributed by atoms with Gasteiger partial charge in [0, 0.05) is 17.8 Å². The largest absolute Gasteiger partial charge is 0.335 e. The van der Waals surface area contributed by atoms with Crippen molar-refractivity contribution >= 4 is 17.2 Å². The average molecular weight is 313 g/mol. The van der Waals surface area contributed by atoms with Crippen molar-refractivity contribution in [2.45, 2.75) is 45.1 Å². The zero-order valence-electron chi connectivity index (χ0n) is 13.1. The second-order valence-corrected chi connectivity index (χ2v) is 6.93. The molecule has 0 saturated carbocycles. The van der Waals surface area contributed by atoms with Gasteiger partial charge < -0.3 is 4.90 Å². The van der Waals surface area contributed by atoms with Gasteiger partial charge in [-0.05, 0) is 48.3 Å². The first-order chi connectivity index (χ1) is 10.8. The Morgan fingerprint density at radius 2 is 2.14 bits per heavy atom. The molecule has 0 N–H and O–H groups in total. The fourth-order valence-corrected chi connectivity index (χ4v) is 4.15. The third-order valence-electron chi connectivity index (χ3n) is 4.51. The smallest absolute Gasteiger partial charge is 0.223 e. The van der Waals surface area contributed by atoms with E-state index in [4.69, 9.17) is 0 Å². The van der Waals surface area contributed by atoms with E-state index in [-0.39, 0.29) is 6.04 Å². The van der Waals surface area contributed by atoms with Crippen molar-refractivity contribution in [1.82, 2.24) is 4.90 Å². The van der Waals surface area contributed by atoms with Gasteiger partial charge in [0.15, 0.2) is 0 Å². The molecule has 0 aliphatic carbocycles. The van der Waals surface area contributed by atoms with Crippen LogP contribution in [0.25, 0.3) is 0 Å². The molecule has 0 fully saturated rings. The number of thiophene rings is 1. The molecule has 2 aromatic rings. The van der Waals surface area contributed by atoms with Crippen molar-refractivity contribution in [3.05, 3.63) is 57.8 Å². The lowest BCUT2D eigenvalue weighted by atomic mass is 9.91. The van der Waals surface area contributed by atoms with Gasteiger partial charge in [-0.3, -0.25) is 4.79 Å². The molecule has 1 aliphatic heterocycles. The van der Waals surface area contributed by atoms with Crippen molar-refractivity contribution in [2.24, 2.45) is 0 Å². The lowest BCUT2D eigenvalue weighted by Crippen LogP contribution is -2.39. The number of carbonyl (C=O) groups is 1. The molecule has 1 atom stereocenters. The molecule has 2 nitrogen and oxygen atoms in total. The highest BCUT2D eigenvalue weighted by Crippen LogP contribution is 2.32. The van der Waals surface area contributed by atoms with Crippen molar-refractivity contribution in [1.29, 1.82) is 0 Å². The number of amides is 1. The maximum Gasteiger partial charge on any atom is 0.223 e. The first kappa shape index (κ1) is 15.3. The summed E-state index contributed by atoms with van der Waals surface area (Å²) >= 11 is 1.78. The molecule has 3 heteroatoms. The van der Waals surface area contributed by atoms with Crippen LogP contribution in [0.3, 0.4) is 0 Å². The van der Waals surface area contributed by atoms with E-state index in [1.807, 2.05) is 0 Å². The van der Waals surface area contributed by atoms with E-state index in [9.17, 15) is 4.79 Å². The average Bonchev–Trinajstić information content (AvgIpc) is 3.07. The minimum atomic E-state index is 0.263. The number of rotatable bonds is 5. The van der Waals surface area contributed by atoms with Crippen molar-refractivity contribution < 1.29 is 4.79 Å². The third-order valence-corrected chi connectivity index (χ3v) is 5.45. The van der Waals surface area contributed by atoms with Gasteiger partial charge >= 0.3 is 0 Å². The lowest BCUT2D eigenvalue weighted by Gasteiger charge is -2.37. The molecule has 1 aromatic heterocycles. The van der Waals surface area contributed by atoms with Crippen LogP contribution in [0, 0.1) is 0 Å². The maximum absolute atomic E-state index is 12.6. The topological polar surface area (TPSA) is 20.3 Å². The predicted octanol–water partition coefficient (Wildman–Crippen LogP) is 4.61. The van der Waals surface area contributed by atoms with E-state index in [2.05, 4.69) is 53.6 Å². The predicted molar refractivity (Wildman–Crippen MR) is 92.1 cm³/mol. The molecule has 3 rings (SSSR count). The molecule has 2 heterocycles. The molecule has 116 valence electrons. The minimum absolute atomic E-state index is 0.263. The number of aryl methyl sites for hydroxylation is 1. The van der Waals surface area contributed by atoms with Crippen molar-refractivity contribution in [3.8, 4) is 0 Å². The standard InChI is InChI=1S/C19H23NOS/c1-2-18-17-10-4-3-7-15(17)12-13-20(18)19(21)11-5-8-16-9-6-14-22-16/h3-4,6-7,9-10,14,18H,2,5,8,11-13H2,1H3/t18-/m0/s1. The third kappa shape index (κ3) is 3.25. The Bertz CT molecular complexity index is 620. The van der Waals surface area contributed by atoms with E-state index in [0.717, 1.165) is 32.2 Å². The monoisotopic (exact) mass is 313 g/mol. The molecule has 0 saturated heterocycles. The van der Waals surface area contributed by atoms with Gasteiger partial charge in [-0.15, -0.1) is 11.3 Å². The van der Waals surface area contributed by atoms with Gasteiger partial charge in [0.25, 0.3) is 0 Å². The van der Waals surface area contributed by atoms with Gasteiger partial charge in [-0.25, -0.2) is 0 Å². The summed E-state index contributed by atoms with van der Waals surface area (Å²) < 4.78 is 0. The van der Waals surface area contributed by atoms with Crippen LogP contribution in [0.15, 0.2) is 41.8 Å². The SMILES string of the molecule is CC[C@H]1c2ccccc2CCN1C(=O)CCCc1cccs1. The van der Waals surface area contributed by atoms with Crippen LogP contribution in [0.1, 0.15) is 48.2 Å². The van der Waals surface area contributed by atoms with Crippen molar-refractivity contribution in [2.75, 3.05) is 6.54 Å². The Morgan fingerprint density at radius 3 is 2.91 bits per heavy atom. The van der Waals surface area contributed by atoms with Crippen molar-refractivity contribution in [3.63, 3.8) is 0 Å². The molecule has 1 aromatic carbocycles. The van der Waals surface area contributed by atoms with E-state index in [1.165, 1.54) is 16.0 Å². The zero-order valence-corrected chi connectivity index (χ0v) is 13.9. The van der Waals surface area contributed by atoms with Crippen LogP contribution in [-0.2, 0) is 17.6 Å². The molecule has 1 amide bonds. The highest BCUT2D eigenvalue weighted by molar-refractivity contribution is 7.09. The van der Waals surface area contributed by atoms with E-state index < -0.39 is 0 Å². The molecular formula is C19H23NOS. The molecule has 0 unspecified atom stereocenters. The molecule has 22 heavy (non-hydrogen) atoms. The number of nitrogens with zero attached hydrogens (tertiary/aromatic N) is 1. The Kier molecular flexibility index (Phi) is 4.94. The van der Waals surface area contributed by atoms with E-state index in [0.29, 0.717) is 12.3 Å². The number of benzene rings is 1. The number of hydrogen-bond donors (Lipinski definition) is 0. The van der Waals surface area contributed by atoms with E-state index >= 15 is 0 Å². The Labute approximate surface area is 136 Å². The van der Waals surface area contributed by atoms with Crippen LogP contribution in [0.5, 0.6) is 0 Å². The summed E-state index contributed by atoms with van der Waals surface area (Å²) in [6.45, 7) is 3.05. The summed E-state index contributed by atoms with van der Waals surface area (Å²) in [7, 11) is 0.